The van der Waals surface area contributed by atoms with Crippen LogP contribution in [0, 0.1) is 5.92 Å². The summed E-state index contributed by atoms with van der Waals surface area (Å²) in [6, 6.07) is 0.478. The number of carbonyl (C=O) groups is 3. The molecule has 0 saturated carbocycles. The van der Waals surface area contributed by atoms with Crippen molar-refractivity contribution in [1.82, 2.24) is 15.1 Å². The number of carboxylic acids is 1. The number of carboxylic acid groups (broad SMARTS) is 1. The second-order valence-electron chi connectivity index (χ2n) is 5.61. The van der Waals surface area contributed by atoms with Gasteiger partial charge in [0.05, 0.1) is 5.69 Å². The summed E-state index contributed by atoms with van der Waals surface area (Å²) in [6.07, 6.45) is 0.569. The highest BCUT2D eigenvalue weighted by Gasteiger charge is 2.23. The molecule has 1 rings (SSSR count). The van der Waals surface area contributed by atoms with Gasteiger partial charge in [-0.25, -0.2) is 4.79 Å². The van der Waals surface area contributed by atoms with Gasteiger partial charge in [0.25, 0.3) is 5.91 Å². The van der Waals surface area contributed by atoms with Crippen LogP contribution in [0.1, 0.15) is 42.9 Å². The maximum atomic E-state index is 12.2. The lowest BCUT2D eigenvalue weighted by Crippen LogP contribution is -2.42. The minimum absolute atomic E-state index is 0.0485. The quantitative estimate of drug-likeness (QED) is 0.626. The van der Waals surface area contributed by atoms with Gasteiger partial charge in [0.15, 0.2) is 0 Å². The molecule has 0 fully saturated rings. The number of nitrogens with one attached hydrogen (secondary N) is 1. The maximum Gasteiger partial charge on any atom is 0.326 e. The van der Waals surface area contributed by atoms with Gasteiger partial charge in [0, 0.05) is 13.5 Å². The first-order valence-electron chi connectivity index (χ1n) is 7.05. The average molecular weight is 310 g/mol. The van der Waals surface area contributed by atoms with E-state index in [1.54, 1.807) is 13.1 Å². The Balaban J connectivity index is 2.79. The molecule has 22 heavy (non-hydrogen) atoms. The monoisotopic (exact) mass is 310 g/mol. The summed E-state index contributed by atoms with van der Waals surface area (Å²) in [4.78, 5) is 34.0. The molecule has 2 amide bonds. The van der Waals surface area contributed by atoms with E-state index >= 15 is 0 Å². The van der Waals surface area contributed by atoms with Crippen molar-refractivity contribution in [3.8, 4) is 0 Å². The van der Waals surface area contributed by atoms with Crippen molar-refractivity contribution in [1.29, 1.82) is 0 Å². The summed E-state index contributed by atoms with van der Waals surface area (Å²) in [7, 11) is 1.62. The lowest BCUT2D eigenvalue weighted by Gasteiger charge is -2.13. The van der Waals surface area contributed by atoms with Crippen LogP contribution in [-0.2, 0) is 23.1 Å². The van der Waals surface area contributed by atoms with Crippen LogP contribution in [0.25, 0.3) is 0 Å². The van der Waals surface area contributed by atoms with Gasteiger partial charge in [-0.15, -0.1) is 0 Å². The van der Waals surface area contributed by atoms with Gasteiger partial charge in [-0.2, -0.15) is 5.10 Å². The van der Waals surface area contributed by atoms with E-state index < -0.39 is 23.8 Å². The second-order valence-corrected chi connectivity index (χ2v) is 5.61. The van der Waals surface area contributed by atoms with Gasteiger partial charge in [-0.1, -0.05) is 13.8 Å². The van der Waals surface area contributed by atoms with Crippen molar-refractivity contribution in [3.63, 3.8) is 0 Å². The van der Waals surface area contributed by atoms with Crippen LogP contribution in [0.15, 0.2) is 6.07 Å². The molecule has 8 nitrogen and oxygen atoms in total. The number of amides is 2. The lowest BCUT2D eigenvalue weighted by atomic mass is 10.1. The van der Waals surface area contributed by atoms with Crippen molar-refractivity contribution >= 4 is 17.8 Å². The van der Waals surface area contributed by atoms with Gasteiger partial charge in [-0.05, 0) is 24.8 Å². The first-order chi connectivity index (χ1) is 10.2. The molecular weight excluding hydrogens is 288 g/mol. The van der Waals surface area contributed by atoms with Crippen LogP contribution in [-0.4, -0.2) is 38.7 Å². The molecule has 0 unspecified atom stereocenters. The number of hydrogen-bond donors (Lipinski definition) is 3. The predicted octanol–water partition coefficient (Wildman–Crippen LogP) is 0.0671. The average Bonchev–Trinajstić information content (AvgIpc) is 2.73. The number of aliphatic carboxylic acids is 1. The van der Waals surface area contributed by atoms with Crippen molar-refractivity contribution in [2.24, 2.45) is 18.7 Å². The molecular formula is C14H22N4O4. The number of carbonyl (C=O) groups excluding carboxylic acids is 2. The van der Waals surface area contributed by atoms with Crippen LogP contribution < -0.4 is 11.1 Å². The van der Waals surface area contributed by atoms with Crippen LogP contribution in [0.2, 0.25) is 0 Å². The molecule has 0 spiro atoms. The molecule has 1 aromatic heterocycles. The second kappa shape index (κ2) is 7.58. The summed E-state index contributed by atoms with van der Waals surface area (Å²) in [5, 5.41) is 15.7. The van der Waals surface area contributed by atoms with Crippen LogP contribution in [0.3, 0.4) is 0 Å². The van der Waals surface area contributed by atoms with Crippen molar-refractivity contribution < 1.29 is 19.5 Å². The summed E-state index contributed by atoms with van der Waals surface area (Å²) in [5.41, 5.74) is 6.05. The van der Waals surface area contributed by atoms with Crippen LogP contribution in [0.4, 0.5) is 0 Å². The zero-order valence-corrected chi connectivity index (χ0v) is 13.0. The number of primary amides is 1. The van der Waals surface area contributed by atoms with E-state index in [2.05, 4.69) is 10.4 Å². The molecule has 0 aliphatic carbocycles. The van der Waals surface area contributed by atoms with Crippen molar-refractivity contribution in [3.05, 3.63) is 17.5 Å². The molecule has 1 atom stereocenters. The maximum absolute atomic E-state index is 12.2. The third-order valence-electron chi connectivity index (χ3n) is 3.06. The van der Waals surface area contributed by atoms with E-state index in [0.717, 1.165) is 12.1 Å². The Morgan fingerprint density at radius 2 is 2.05 bits per heavy atom. The molecule has 1 aromatic rings. The Bertz CT molecular complexity index is 565. The summed E-state index contributed by atoms with van der Waals surface area (Å²) in [6.45, 7) is 4.08. The molecule has 0 radical (unpaired) electrons. The largest absolute Gasteiger partial charge is 0.480 e. The molecule has 0 bridgehead atoms. The Kier molecular flexibility index (Phi) is 6.09. The first kappa shape index (κ1) is 17.7. The van der Waals surface area contributed by atoms with E-state index in [1.165, 1.54) is 4.68 Å². The highest BCUT2D eigenvalue weighted by atomic mass is 16.4. The van der Waals surface area contributed by atoms with Crippen molar-refractivity contribution in [2.45, 2.75) is 39.2 Å². The third kappa shape index (κ3) is 5.19. The molecule has 0 aliphatic heterocycles. The smallest absolute Gasteiger partial charge is 0.326 e. The SMILES string of the molecule is CC(C)Cc1cc(C(=O)N[C@@H](CCC(N)=O)C(=O)O)n(C)n1. The predicted molar refractivity (Wildman–Crippen MR) is 79.1 cm³/mol. The Morgan fingerprint density at radius 1 is 1.41 bits per heavy atom. The number of nitrogens with two attached hydrogens (primary N) is 1. The van der Waals surface area contributed by atoms with E-state index in [1.807, 2.05) is 13.8 Å². The Hall–Kier alpha value is -2.38. The minimum Gasteiger partial charge on any atom is -0.480 e. The van der Waals surface area contributed by atoms with Crippen LogP contribution >= 0.6 is 0 Å². The molecule has 1 heterocycles. The fraction of sp³-hybridized carbons (Fsp3) is 0.571. The third-order valence-corrected chi connectivity index (χ3v) is 3.06. The number of rotatable bonds is 8. The zero-order chi connectivity index (χ0) is 16.9. The molecule has 8 heteroatoms. The zero-order valence-electron chi connectivity index (χ0n) is 13.0. The molecule has 0 saturated heterocycles. The van der Waals surface area contributed by atoms with E-state index in [-0.39, 0.29) is 18.5 Å². The fourth-order valence-corrected chi connectivity index (χ4v) is 2.03. The summed E-state index contributed by atoms with van der Waals surface area (Å²) >= 11 is 0. The van der Waals surface area contributed by atoms with Gasteiger partial charge >= 0.3 is 5.97 Å². The Morgan fingerprint density at radius 3 is 2.55 bits per heavy atom. The molecule has 0 aliphatic rings. The van der Waals surface area contributed by atoms with E-state index in [0.29, 0.717) is 5.92 Å². The standard InChI is InChI=1S/C14H22N4O4/c1-8(2)6-9-7-11(18(3)17-9)13(20)16-10(14(21)22)4-5-12(15)19/h7-8,10H,4-6H2,1-3H3,(H2,15,19)(H,16,20)(H,21,22)/t10-/m0/s1. The summed E-state index contributed by atoms with van der Waals surface area (Å²) in [5.74, 6) is -1.96. The molecule has 122 valence electrons. The molecule has 0 aromatic carbocycles. The van der Waals surface area contributed by atoms with Crippen molar-refractivity contribution in [2.75, 3.05) is 0 Å². The van der Waals surface area contributed by atoms with Crippen LogP contribution in [0.5, 0.6) is 0 Å². The normalized spacial score (nSPS) is 12.2. The highest BCUT2D eigenvalue weighted by molar-refractivity contribution is 5.95. The topological polar surface area (TPSA) is 127 Å². The highest BCUT2D eigenvalue weighted by Crippen LogP contribution is 2.09. The number of hydrogen-bond acceptors (Lipinski definition) is 4. The molecule has 4 N–H and O–H groups in total. The minimum atomic E-state index is -1.21. The van der Waals surface area contributed by atoms with Gasteiger partial charge in [0.1, 0.15) is 11.7 Å². The van der Waals surface area contributed by atoms with Gasteiger partial charge < -0.3 is 16.2 Å². The Labute approximate surface area is 128 Å². The number of aryl methyl sites for hydroxylation is 1. The van der Waals surface area contributed by atoms with E-state index in [4.69, 9.17) is 10.8 Å². The lowest BCUT2D eigenvalue weighted by molar-refractivity contribution is -0.139. The fourth-order valence-electron chi connectivity index (χ4n) is 2.03. The van der Waals surface area contributed by atoms with E-state index in [9.17, 15) is 14.4 Å². The number of nitrogens with zero attached hydrogens (tertiary/aromatic N) is 2. The van der Waals surface area contributed by atoms with Gasteiger partial charge in [-0.3, -0.25) is 14.3 Å². The first-order valence-corrected chi connectivity index (χ1v) is 7.05. The number of aromatic nitrogens is 2. The van der Waals surface area contributed by atoms with Gasteiger partial charge in [0.2, 0.25) is 5.91 Å². The summed E-state index contributed by atoms with van der Waals surface area (Å²) < 4.78 is 1.42.